The van der Waals surface area contributed by atoms with Gasteiger partial charge in [0.2, 0.25) is 12.1 Å². The molecule has 0 bridgehead atoms. The molecule has 0 aliphatic carbocycles. The Balaban J connectivity index is 2.65. The van der Waals surface area contributed by atoms with Crippen molar-refractivity contribution in [2.45, 2.75) is 12.6 Å². The number of aliphatic hydroxyl groups is 1. The molecule has 1 aromatic carbocycles. The van der Waals surface area contributed by atoms with Gasteiger partial charge in [0.25, 0.3) is 0 Å². The van der Waals surface area contributed by atoms with Gasteiger partial charge in [-0.3, -0.25) is 4.79 Å². The Morgan fingerprint density at radius 3 is 2.24 bits per heavy atom. The highest BCUT2D eigenvalue weighted by Crippen LogP contribution is 2.08. The van der Waals surface area contributed by atoms with Crippen molar-refractivity contribution in [3.63, 3.8) is 0 Å². The van der Waals surface area contributed by atoms with E-state index < -0.39 is 36.2 Å². The Kier molecular flexibility index (Phi) is 4.11. The number of aliphatic hydroxyl groups excluding tert-OH is 1. The zero-order chi connectivity index (χ0) is 13.0. The molecule has 0 spiro atoms. The largest absolute Gasteiger partial charge is 0.478 e. The lowest BCUT2D eigenvalue weighted by molar-refractivity contribution is -0.151. The highest BCUT2D eigenvalue weighted by molar-refractivity contribution is 5.83. The molecule has 1 atom stereocenters. The Labute approximate surface area is 94.7 Å². The second-order valence-corrected chi connectivity index (χ2v) is 3.26. The fourth-order valence-electron chi connectivity index (χ4n) is 1.16. The number of benzene rings is 1. The topological polar surface area (TPSA) is 86.6 Å². The third-order valence-electron chi connectivity index (χ3n) is 1.82. The van der Waals surface area contributed by atoms with Gasteiger partial charge in [-0.25, -0.2) is 13.6 Å². The molecule has 92 valence electrons. The molecule has 0 aromatic heterocycles. The van der Waals surface area contributed by atoms with E-state index in [2.05, 4.69) is 0 Å². The lowest BCUT2D eigenvalue weighted by atomic mass is 10.1. The average molecular weight is 245 g/mol. The van der Waals surface area contributed by atoms with E-state index in [1.54, 1.807) is 5.32 Å². The van der Waals surface area contributed by atoms with Crippen LogP contribution in [-0.2, 0) is 16.0 Å². The summed E-state index contributed by atoms with van der Waals surface area (Å²) in [5.74, 6) is -4.16. The fourth-order valence-corrected chi connectivity index (χ4v) is 1.16. The maximum atomic E-state index is 12.8. The predicted octanol–water partition coefficient (Wildman–Crippen LogP) is 0.0265. The van der Waals surface area contributed by atoms with Crippen molar-refractivity contribution >= 4 is 11.9 Å². The summed E-state index contributed by atoms with van der Waals surface area (Å²) in [6.45, 7) is 0. The van der Waals surface area contributed by atoms with Gasteiger partial charge in [-0.05, 0) is 17.7 Å². The summed E-state index contributed by atoms with van der Waals surface area (Å²) in [5, 5.41) is 18.8. The SMILES string of the molecule is O=C(Cc1cc(F)cc(F)c1)NC(O)C(=O)O. The van der Waals surface area contributed by atoms with Crippen LogP contribution < -0.4 is 5.32 Å². The average Bonchev–Trinajstić information content (AvgIpc) is 2.14. The van der Waals surface area contributed by atoms with Crippen LogP contribution in [-0.4, -0.2) is 28.3 Å². The summed E-state index contributed by atoms with van der Waals surface area (Å²) in [6.07, 6.45) is -2.47. The Bertz CT molecular complexity index is 430. The number of aliphatic carboxylic acids is 1. The van der Waals surface area contributed by atoms with Gasteiger partial charge in [0.15, 0.2) is 0 Å². The quantitative estimate of drug-likeness (QED) is 0.653. The zero-order valence-corrected chi connectivity index (χ0v) is 8.48. The molecule has 0 aliphatic heterocycles. The number of carbonyl (C=O) groups is 2. The highest BCUT2D eigenvalue weighted by atomic mass is 19.1. The van der Waals surface area contributed by atoms with Crippen LogP contribution in [0, 0.1) is 11.6 Å². The van der Waals surface area contributed by atoms with Crippen molar-refractivity contribution < 1.29 is 28.6 Å². The molecule has 17 heavy (non-hydrogen) atoms. The van der Waals surface area contributed by atoms with Crippen LogP contribution in [0.1, 0.15) is 5.56 Å². The number of rotatable bonds is 4. The van der Waals surface area contributed by atoms with Crippen LogP contribution in [0.3, 0.4) is 0 Å². The molecule has 0 radical (unpaired) electrons. The van der Waals surface area contributed by atoms with Crippen LogP contribution in [0.4, 0.5) is 8.78 Å². The molecule has 3 N–H and O–H groups in total. The third kappa shape index (κ3) is 4.15. The minimum Gasteiger partial charge on any atom is -0.478 e. The van der Waals surface area contributed by atoms with Crippen molar-refractivity contribution in [1.82, 2.24) is 5.32 Å². The summed E-state index contributed by atoms with van der Waals surface area (Å²) in [6, 6.07) is 2.53. The Morgan fingerprint density at radius 1 is 1.24 bits per heavy atom. The maximum absolute atomic E-state index is 12.8. The minimum absolute atomic E-state index is 0.0394. The summed E-state index contributed by atoms with van der Waals surface area (Å²) in [5.41, 5.74) is 0.0394. The van der Waals surface area contributed by atoms with Gasteiger partial charge in [0.1, 0.15) is 11.6 Å². The monoisotopic (exact) mass is 245 g/mol. The molecule has 1 aromatic rings. The molecule has 1 amide bonds. The van der Waals surface area contributed by atoms with E-state index in [1.165, 1.54) is 0 Å². The number of amides is 1. The van der Waals surface area contributed by atoms with Gasteiger partial charge in [-0.1, -0.05) is 0 Å². The van der Waals surface area contributed by atoms with E-state index >= 15 is 0 Å². The first-order chi connectivity index (χ1) is 7.88. The number of hydrogen-bond acceptors (Lipinski definition) is 3. The van der Waals surface area contributed by atoms with E-state index in [9.17, 15) is 18.4 Å². The number of hydrogen-bond donors (Lipinski definition) is 3. The molecular weight excluding hydrogens is 236 g/mol. The first kappa shape index (κ1) is 13.0. The molecule has 7 heteroatoms. The number of nitrogens with one attached hydrogen (secondary N) is 1. The van der Waals surface area contributed by atoms with Gasteiger partial charge in [0.05, 0.1) is 6.42 Å². The van der Waals surface area contributed by atoms with Crippen LogP contribution in [0.5, 0.6) is 0 Å². The van der Waals surface area contributed by atoms with Crippen molar-refractivity contribution in [1.29, 1.82) is 0 Å². The first-order valence-corrected chi connectivity index (χ1v) is 4.53. The van der Waals surface area contributed by atoms with E-state index in [0.29, 0.717) is 6.07 Å². The second-order valence-electron chi connectivity index (χ2n) is 3.26. The van der Waals surface area contributed by atoms with E-state index in [0.717, 1.165) is 12.1 Å². The molecule has 0 fully saturated rings. The number of carbonyl (C=O) groups excluding carboxylic acids is 1. The van der Waals surface area contributed by atoms with Gasteiger partial charge < -0.3 is 15.5 Å². The molecule has 0 saturated carbocycles. The van der Waals surface area contributed by atoms with Crippen molar-refractivity contribution in [3.8, 4) is 0 Å². The maximum Gasteiger partial charge on any atom is 0.353 e. The van der Waals surface area contributed by atoms with Gasteiger partial charge in [-0.15, -0.1) is 0 Å². The second kappa shape index (κ2) is 5.35. The molecule has 0 saturated heterocycles. The number of carboxylic acids is 1. The predicted molar refractivity (Wildman–Crippen MR) is 51.8 cm³/mol. The van der Waals surface area contributed by atoms with Crippen LogP contribution in [0.25, 0.3) is 0 Å². The van der Waals surface area contributed by atoms with Crippen molar-refractivity contribution in [2.75, 3.05) is 0 Å². The van der Waals surface area contributed by atoms with Crippen molar-refractivity contribution in [2.24, 2.45) is 0 Å². The molecular formula is C10H9F2NO4. The van der Waals surface area contributed by atoms with E-state index in [1.807, 2.05) is 0 Å². The molecule has 0 heterocycles. The van der Waals surface area contributed by atoms with Crippen LogP contribution >= 0.6 is 0 Å². The number of carboxylic acid groups (broad SMARTS) is 1. The Hall–Kier alpha value is -2.02. The van der Waals surface area contributed by atoms with E-state index in [-0.39, 0.29) is 5.56 Å². The van der Waals surface area contributed by atoms with Gasteiger partial charge in [0, 0.05) is 6.07 Å². The molecule has 5 nitrogen and oxygen atoms in total. The first-order valence-electron chi connectivity index (χ1n) is 4.53. The van der Waals surface area contributed by atoms with Crippen molar-refractivity contribution in [3.05, 3.63) is 35.4 Å². The highest BCUT2D eigenvalue weighted by Gasteiger charge is 2.16. The van der Waals surface area contributed by atoms with Gasteiger partial charge in [-0.2, -0.15) is 0 Å². The van der Waals surface area contributed by atoms with Crippen LogP contribution in [0.2, 0.25) is 0 Å². The normalized spacial score (nSPS) is 11.9. The van der Waals surface area contributed by atoms with E-state index in [4.69, 9.17) is 10.2 Å². The van der Waals surface area contributed by atoms with Crippen LogP contribution in [0.15, 0.2) is 18.2 Å². The minimum atomic E-state index is -2.04. The zero-order valence-electron chi connectivity index (χ0n) is 8.48. The number of halogens is 2. The molecule has 0 aliphatic rings. The van der Waals surface area contributed by atoms with Gasteiger partial charge >= 0.3 is 5.97 Å². The summed E-state index contributed by atoms with van der Waals surface area (Å²) < 4.78 is 25.5. The smallest absolute Gasteiger partial charge is 0.353 e. The summed E-state index contributed by atoms with van der Waals surface area (Å²) in [4.78, 5) is 21.4. The fraction of sp³-hybridized carbons (Fsp3) is 0.200. The third-order valence-corrected chi connectivity index (χ3v) is 1.82. The standard InChI is InChI=1S/C10H9F2NO4/c11-6-1-5(2-7(12)4-6)3-8(14)13-9(15)10(16)17/h1-2,4,9,15H,3H2,(H,13,14)(H,16,17). The molecule has 1 rings (SSSR count). The summed E-state index contributed by atoms with van der Waals surface area (Å²) in [7, 11) is 0. The Morgan fingerprint density at radius 2 is 1.76 bits per heavy atom. The lowest BCUT2D eigenvalue weighted by Gasteiger charge is -2.08. The molecule has 1 unspecified atom stereocenters. The summed E-state index contributed by atoms with van der Waals surface area (Å²) >= 11 is 0. The lowest BCUT2D eigenvalue weighted by Crippen LogP contribution is -2.41.